The third-order valence-electron chi connectivity index (χ3n) is 3.49. The number of nitrogens with zero attached hydrogens (tertiary/aromatic N) is 1. The maximum atomic E-state index is 12.0. The third-order valence-corrected chi connectivity index (χ3v) is 3.49. The fraction of sp³-hybridized carbons (Fsp3) is 0.467. The summed E-state index contributed by atoms with van der Waals surface area (Å²) in [5, 5.41) is 11.5. The highest BCUT2D eigenvalue weighted by molar-refractivity contribution is 5.93. The zero-order chi connectivity index (χ0) is 15.4. The number of carbonyl (C=O) groups is 2. The molecule has 1 fully saturated rings. The number of likely N-dealkylation sites (tertiary alicyclic amines) is 1. The number of hydrogen-bond donors (Lipinski definition) is 2. The van der Waals surface area contributed by atoms with Crippen LogP contribution in [0.2, 0.25) is 0 Å². The molecule has 1 aliphatic heterocycles. The molecule has 0 spiro atoms. The van der Waals surface area contributed by atoms with Gasteiger partial charge in [0.25, 0.3) is 0 Å². The van der Waals surface area contributed by atoms with Gasteiger partial charge in [-0.2, -0.15) is 0 Å². The molecule has 6 nitrogen and oxygen atoms in total. The molecule has 0 atom stereocenters. The van der Waals surface area contributed by atoms with E-state index in [-0.39, 0.29) is 24.8 Å². The van der Waals surface area contributed by atoms with Gasteiger partial charge in [0.2, 0.25) is 5.91 Å². The SMILES string of the molecule is COc1ccc(C)cc1NC(=O)CN1CC(CC(=O)O)C1. The second-order valence-corrected chi connectivity index (χ2v) is 5.41. The lowest BCUT2D eigenvalue weighted by Gasteiger charge is -2.37. The molecule has 0 aromatic heterocycles. The Bertz CT molecular complexity index is 538. The largest absolute Gasteiger partial charge is 0.495 e. The summed E-state index contributed by atoms with van der Waals surface area (Å²) in [6.45, 7) is 3.53. The molecule has 2 rings (SSSR count). The maximum Gasteiger partial charge on any atom is 0.303 e. The van der Waals surface area contributed by atoms with Crippen molar-refractivity contribution in [2.45, 2.75) is 13.3 Å². The molecule has 0 unspecified atom stereocenters. The molecule has 0 bridgehead atoms. The van der Waals surface area contributed by atoms with Gasteiger partial charge < -0.3 is 15.2 Å². The van der Waals surface area contributed by atoms with Crippen LogP contribution in [0.3, 0.4) is 0 Å². The number of carbonyl (C=O) groups excluding carboxylic acids is 1. The van der Waals surface area contributed by atoms with Gasteiger partial charge in [0.05, 0.1) is 25.8 Å². The van der Waals surface area contributed by atoms with Gasteiger partial charge >= 0.3 is 5.97 Å². The van der Waals surface area contributed by atoms with Gasteiger partial charge in [-0.1, -0.05) is 6.07 Å². The molecule has 2 N–H and O–H groups in total. The molecular weight excluding hydrogens is 272 g/mol. The monoisotopic (exact) mass is 292 g/mol. The van der Waals surface area contributed by atoms with Gasteiger partial charge in [0.1, 0.15) is 5.75 Å². The van der Waals surface area contributed by atoms with Crippen LogP contribution in [0.25, 0.3) is 0 Å². The first-order chi connectivity index (χ1) is 9.97. The van der Waals surface area contributed by atoms with Gasteiger partial charge in [0.15, 0.2) is 0 Å². The number of benzene rings is 1. The fourth-order valence-corrected chi connectivity index (χ4v) is 2.49. The molecule has 0 radical (unpaired) electrons. The Kier molecular flexibility index (Phi) is 4.80. The average molecular weight is 292 g/mol. The Morgan fingerprint density at radius 3 is 2.76 bits per heavy atom. The summed E-state index contributed by atoms with van der Waals surface area (Å²) in [6.07, 6.45) is 0.170. The molecule has 6 heteroatoms. The Morgan fingerprint density at radius 1 is 1.43 bits per heavy atom. The highest BCUT2D eigenvalue weighted by Crippen LogP contribution is 2.25. The number of methoxy groups -OCH3 is 1. The number of amides is 1. The zero-order valence-corrected chi connectivity index (χ0v) is 12.3. The summed E-state index contributed by atoms with van der Waals surface area (Å²) >= 11 is 0. The van der Waals surface area contributed by atoms with E-state index < -0.39 is 5.97 Å². The Balaban J connectivity index is 1.83. The van der Waals surface area contributed by atoms with E-state index in [2.05, 4.69) is 5.32 Å². The van der Waals surface area contributed by atoms with Crippen molar-refractivity contribution >= 4 is 17.6 Å². The van der Waals surface area contributed by atoms with E-state index in [4.69, 9.17) is 9.84 Å². The average Bonchev–Trinajstić information content (AvgIpc) is 2.36. The van der Waals surface area contributed by atoms with Crippen LogP contribution in [0.1, 0.15) is 12.0 Å². The van der Waals surface area contributed by atoms with Crippen LogP contribution in [0.4, 0.5) is 5.69 Å². The number of carboxylic acids is 1. The summed E-state index contributed by atoms with van der Waals surface area (Å²) in [6, 6.07) is 5.60. The number of hydrogen-bond acceptors (Lipinski definition) is 4. The standard InChI is InChI=1S/C15H20N2O4/c1-10-3-4-13(21-2)12(5-10)16-14(18)9-17-7-11(8-17)6-15(19)20/h3-5,11H,6-9H2,1-2H3,(H,16,18)(H,19,20). The van der Waals surface area contributed by atoms with Gasteiger partial charge in [-0.25, -0.2) is 0 Å². The lowest BCUT2D eigenvalue weighted by molar-refractivity contribution is -0.139. The van der Waals surface area contributed by atoms with Crippen LogP contribution < -0.4 is 10.1 Å². The number of aliphatic carboxylic acids is 1. The summed E-state index contributed by atoms with van der Waals surface area (Å²) in [5.41, 5.74) is 1.70. The highest BCUT2D eigenvalue weighted by atomic mass is 16.5. The summed E-state index contributed by atoms with van der Waals surface area (Å²) in [5.74, 6) is -0.119. The molecule has 1 saturated heterocycles. The van der Waals surface area contributed by atoms with E-state index in [0.717, 1.165) is 5.56 Å². The van der Waals surface area contributed by atoms with Crippen molar-refractivity contribution in [3.8, 4) is 5.75 Å². The van der Waals surface area contributed by atoms with Crippen LogP contribution in [-0.4, -0.2) is 48.6 Å². The number of ether oxygens (including phenoxy) is 1. The van der Waals surface area contributed by atoms with Crippen molar-refractivity contribution in [3.63, 3.8) is 0 Å². The lowest BCUT2D eigenvalue weighted by atomic mass is 9.96. The van der Waals surface area contributed by atoms with Gasteiger partial charge in [-0.15, -0.1) is 0 Å². The van der Waals surface area contributed by atoms with Gasteiger partial charge in [0, 0.05) is 13.1 Å². The molecule has 21 heavy (non-hydrogen) atoms. The molecule has 1 aliphatic rings. The van der Waals surface area contributed by atoms with Crippen molar-refractivity contribution in [2.24, 2.45) is 5.92 Å². The van der Waals surface area contributed by atoms with Crippen molar-refractivity contribution in [2.75, 3.05) is 32.1 Å². The van der Waals surface area contributed by atoms with Crippen molar-refractivity contribution < 1.29 is 19.4 Å². The molecule has 114 valence electrons. The van der Waals surface area contributed by atoms with E-state index in [1.54, 1.807) is 7.11 Å². The molecule has 1 heterocycles. The third kappa shape index (κ3) is 4.19. The second kappa shape index (κ2) is 6.58. The van der Waals surface area contributed by atoms with E-state index in [9.17, 15) is 9.59 Å². The topological polar surface area (TPSA) is 78.9 Å². The van der Waals surface area contributed by atoms with Crippen molar-refractivity contribution in [3.05, 3.63) is 23.8 Å². The maximum absolute atomic E-state index is 12.0. The van der Waals surface area contributed by atoms with Crippen LogP contribution in [0.15, 0.2) is 18.2 Å². The minimum Gasteiger partial charge on any atom is -0.495 e. The fourth-order valence-electron chi connectivity index (χ4n) is 2.49. The summed E-state index contributed by atoms with van der Waals surface area (Å²) in [4.78, 5) is 24.5. The molecule has 1 amide bonds. The van der Waals surface area contributed by atoms with Crippen molar-refractivity contribution in [1.29, 1.82) is 0 Å². The lowest BCUT2D eigenvalue weighted by Crippen LogP contribution is -2.50. The van der Waals surface area contributed by atoms with Crippen LogP contribution >= 0.6 is 0 Å². The first-order valence-electron chi connectivity index (χ1n) is 6.86. The van der Waals surface area contributed by atoms with Crippen LogP contribution in [0, 0.1) is 12.8 Å². The minimum atomic E-state index is -0.784. The Morgan fingerprint density at radius 2 is 2.14 bits per heavy atom. The van der Waals surface area contributed by atoms with Crippen molar-refractivity contribution in [1.82, 2.24) is 4.90 Å². The summed E-state index contributed by atoms with van der Waals surface area (Å²) in [7, 11) is 1.56. The Hall–Kier alpha value is -2.08. The summed E-state index contributed by atoms with van der Waals surface area (Å²) < 4.78 is 5.21. The van der Waals surface area contributed by atoms with E-state index >= 15 is 0 Å². The molecule has 0 aliphatic carbocycles. The zero-order valence-electron chi connectivity index (χ0n) is 12.3. The molecular formula is C15H20N2O4. The van der Waals surface area contributed by atoms with E-state index in [1.165, 1.54) is 0 Å². The molecule has 0 saturated carbocycles. The second-order valence-electron chi connectivity index (χ2n) is 5.41. The first-order valence-corrected chi connectivity index (χ1v) is 6.86. The number of aryl methyl sites for hydroxylation is 1. The number of carboxylic acid groups (broad SMARTS) is 1. The smallest absolute Gasteiger partial charge is 0.303 e. The quantitative estimate of drug-likeness (QED) is 0.827. The number of nitrogens with one attached hydrogen (secondary N) is 1. The molecule has 1 aromatic rings. The predicted octanol–water partition coefficient (Wildman–Crippen LogP) is 1.35. The minimum absolute atomic E-state index is 0.118. The predicted molar refractivity (Wildman–Crippen MR) is 78.5 cm³/mol. The normalized spacial score (nSPS) is 15.3. The highest BCUT2D eigenvalue weighted by Gasteiger charge is 2.29. The van der Waals surface area contributed by atoms with E-state index in [0.29, 0.717) is 24.5 Å². The number of anilines is 1. The van der Waals surface area contributed by atoms with Crippen LogP contribution in [-0.2, 0) is 9.59 Å². The van der Waals surface area contributed by atoms with E-state index in [1.807, 2.05) is 30.0 Å². The van der Waals surface area contributed by atoms with Gasteiger partial charge in [-0.3, -0.25) is 14.5 Å². The van der Waals surface area contributed by atoms with Crippen LogP contribution in [0.5, 0.6) is 5.75 Å². The first kappa shape index (κ1) is 15.3. The van der Waals surface area contributed by atoms with Gasteiger partial charge in [-0.05, 0) is 30.5 Å². The number of rotatable bonds is 6. The molecule has 1 aromatic carbocycles. The Labute approximate surface area is 123 Å².